The van der Waals surface area contributed by atoms with E-state index in [1.54, 1.807) is 17.5 Å². The van der Waals surface area contributed by atoms with Gasteiger partial charge in [0.15, 0.2) is 0 Å². The summed E-state index contributed by atoms with van der Waals surface area (Å²) in [7, 11) is 2.01. The van der Waals surface area contributed by atoms with Crippen LogP contribution in [0.1, 0.15) is 50.3 Å². The Labute approximate surface area is 205 Å². The Balaban J connectivity index is 0.000000469. The molecule has 0 saturated heterocycles. The van der Waals surface area contributed by atoms with Gasteiger partial charge in [0.2, 0.25) is 0 Å². The zero-order chi connectivity index (χ0) is 24.8. The molecular formula is C25H36N6O2S. The molecule has 0 amide bonds. The van der Waals surface area contributed by atoms with Crippen molar-refractivity contribution in [2.75, 3.05) is 18.9 Å². The number of aromatic nitrogens is 4. The maximum atomic E-state index is 10.8. The predicted octanol–water partition coefficient (Wildman–Crippen LogP) is 4.08. The van der Waals surface area contributed by atoms with Crippen LogP contribution in [0.3, 0.4) is 0 Å². The molecule has 0 aromatic carbocycles. The Morgan fingerprint density at radius 1 is 1.18 bits per heavy atom. The van der Waals surface area contributed by atoms with Gasteiger partial charge in [-0.3, -0.25) is 4.98 Å². The predicted molar refractivity (Wildman–Crippen MR) is 138 cm³/mol. The SMILES string of the molecule is CNCC1CC1.Cc1nc(C)c(-c2nc3c(C)nccc3s2)c(NC(C)CC(C)C(O)C=O)n1. The number of aliphatic hydroxyl groups is 1. The molecular weight excluding hydrogens is 448 g/mol. The summed E-state index contributed by atoms with van der Waals surface area (Å²) in [5.74, 6) is 2.28. The molecule has 1 aliphatic rings. The molecule has 184 valence electrons. The number of fused-ring (bicyclic) bond motifs is 1. The van der Waals surface area contributed by atoms with E-state index in [9.17, 15) is 9.90 Å². The topological polar surface area (TPSA) is 113 Å². The number of rotatable bonds is 9. The molecule has 4 rings (SSSR count). The summed E-state index contributed by atoms with van der Waals surface area (Å²) in [5.41, 5.74) is 3.52. The van der Waals surface area contributed by atoms with Gasteiger partial charge in [0, 0.05) is 12.2 Å². The van der Waals surface area contributed by atoms with Crippen molar-refractivity contribution in [1.29, 1.82) is 0 Å². The minimum Gasteiger partial charge on any atom is -0.385 e. The monoisotopic (exact) mass is 484 g/mol. The van der Waals surface area contributed by atoms with Crippen LogP contribution in [-0.2, 0) is 4.79 Å². The number of carbonyl (C=O) groups excluding carboxylic acids is 1. The standard InChI is InChI=1S/C20H25N5O2S.C5H11N/c1-10(15(27)9-26)8-11(2)22-19-17(12(3)23-14(5)24-19)20-25-18-13(4)21-7-6-16(18)28-20;1-6-4-5-2-3-5/h6-7,9-11,15,27H,8H2,1-5H3,(H,22,23,24);5-6H,2-4H2,1H3. The normalized spacial score (nSPS) is 15.9. The Morgan fingerprint density at radius 2 is 1.91 bits per heavy atom. The highest BCUT2D eigenvalue weighted by molar-refractivity contribution is 7.21. The molecule has 1 aliphatic carbocycles. The number of aryl methyl sites for hydroxylation is 3. The van der Waals surface area contributed by atoms with Crippen LogP contribution in [0.25, 0.3) is 20.8 Å². The third-order valence-electron chi connectivity index (χ3n) is 5.93. The summed E-state index contributed by atoms with van der Waals surface area (Å²) < 4.78 is 1.07. The number of nitrogens with one attached hydrogen (secondary N) is 2. The number of nitrogens with zero attached hydrogens (tertiary/aromatic N) is 4. The van der Waals surface area contributed by atoms with E-state index in [4.69, 9.17) is 4.98 Å². The first-order valence-electron chi connectivity index (χ1n) is 11.9. The van der Waals surface area contributed by atoms with Crippen molar-refractivity contribution in [3.8, 4) is 10.6 Å². The summed E-state index contributed by atoms with van der Waals surface area (Å²) in [4.78, 5) is 29.1. The van der Waals surface area contributed by atoms with E-state index in [1.165, 1.54) is 19.4 Å². The second-order valence-electron chi connectivity index (χ2n) is 9.23. The second-order valence-corrected chi connectivity index (χ2v) is 10.3. The zero-order valence-corrected chi connectivity index (χ0v) is 21.7. The van der Waals surface area contributed by atoms with Crippen molar-refractivity contribution in [1.82, 2.24) is 25.3 Å². The van der Waals surface area contributed by atoms with Crippen LogP contribution in [0.2, 0.25) is 0 Å². The van der Waals surface area contributed by atoms with Gasteiger partial charge in [-0.1, -0.05) is 6.92 Å². The van der Waals surface area contributed by atoms with Crippen LogP contribution in [0.4, 0.5) is 5.82 Å². The van der Waals surface area contributed by atoms with E-state index in [-0.39, 0.29) is 12.0 Å². The fourth-order valence-electron chi connectivity index (χ4n) is 3.90. The minimum atomic E-state index is -0.961. The van der Waals surface area contributed by atoms with Crippen LogP contribution in [0, 0.1) is 32.6 Å². The molecule has 3 aromatic rings. The molecule has 8 nitrogen and oxygen atoms in total. The van der Waals surface area contributed by atoms with Gasteiger partial charge < -0.3 is 20.5 Å². The van der Waals surface area contributed by atoms with Crippen molar-refractivity contribution < 1.29 is 9.90 Å². The number of pyridine rings is 1. The lowest BCUT2D eigenvalue weighted by molar-refractivity contribution is -0.117. The first kappa shape index (κ1) is 26.1. The van der Waals surface area contributed by atoms with Crippen LogP contribution in [0.5, 0.6) is 0 Å². The third kappa shape index (κ3) is 6.77. The van der Waals surface area contributed by atoms with Crippen molar-refractivity contribution >= 4 is 33.7 Å². The van der Waals surface area contributed by atoms with Crippen LogP contribution in [-0.4, -0.2) is 57.1 Å². The fraction of sp³-hybridized carbons (Fsp3) is 0.560. The Kier molecular flexibility index (Phi) is 9.04. The largest absolute Gasteiger partial charge is 0.385 e. The number of anilines is 1. The molecule has 3 unspecified atom stereocenters. The van der Waals surface area contributed by atoms with E-state index in [2.05, 4.69) is 25.6 Å². The molecule has 3 N–H and O–H groups in total. The van der Waals surface area contributed by atoms with Crippen molar-refractivity contribution in [3.63, 3.8) is 0 Å². The number of carbonyl (C=O) groups is 1. The second kappa shape index (κ2) is 11.8. The van der Waals surface area contributed by atoms with Crippen LogP contribution >= 0.6 is 11.3 Å². The lowest BCUT2D eigenvalue weighted by atomic mass is 9.97. The van der Waals surface area contributed by atoms with Gasteiger partial charge in [0.05, 0.1) is 21.7 Å². The van der Waals surface area contributed by atoms with E-state index >= 15 is 0 Å². The first-order valence-corrected chi connectivity index (χ1v) is 12.7. The van der Waals surface area contributed by atoms with E-state index < -0.39 is 6.10 Å². The lowest BCUT2D eigenvalue weighted by Crippen LogP contribution is -2.27. The number of hydrogen-bond acceptors (Lipinski definition) is 9. The van der Waals surface area contributed by atoms with Crippen molar-refractivity contribution in [3.05, 3.63) is 29.5 Å². The van der Waals surface area contributed by atoms with Crippen molar-refractivity contribution in [2.45, 2.75) is 66.0 Å². The van der Waals surface area contributed by atoms with E-state index in [0.717, 1.165) is 43.9 Å². The number of aliphatic hydroxyl groups excluding tert-OH is 1. The van der Waals surface area contributed by atoms with Gasteiger partial charge in [-0.05, 0) is 78.5 Å². The lowest BCUT2D eigenvalue weighted by Gasteiger charge is -2.22. The summed E-state index contributed by atoms with van der Waals surface area (Å²) >= 11 is 1.59. The van der Waals surface area contributed by atoms with Gasteiger partial charge in [0.1, 0.15) is 34.6 Å². The molecule has 34 heavy (non-hydrogen) atoms. The fourth-order valence-corrected chi connectivity index (χ4v) is 5.01. The van der Waals surface area contributed by atoms with Gasteiger partial charge in [-0.25, -0.2) is 15.0 Å². The molecule has 0 spiro atoms. The first-order chi connectivity index (χ1) is 16.2. The van der Waals surface area contributed by atoms with Crippen LogP contribution < -0.4 is 10.6 Å². The molecule has 1 saturated carbocycles. The molecule has 0 bridgehead atoms. The smallest absolute Gasteiger partial charge is 0.148 e. The van der Waals surface area contributed by atoms with E-state index in [1.807, 2.05) is 47.7 Å². The Hall–Kier alpha value is -2.49. The summed E-state index contributed by atoms with van der Waals surface area (Å²) in [6, 6.07) is 1.97. The maximum Gasteiger partial charge on any atom is 0.148 e. The van der Waals surface area contributed by atoms with Gasteiger partial charge in [-0.2, -0.15) is 0 Å². The zero-order valence-electron chi connectivity index (χ0n) is 20.9. The summed E-state index contributed by atoms with van der Waals surface area (Å²) in [5, 5.41) is 17.1. The third-order valence-corrected chi connectivity index (χ3v) is 6.96. The van der Waals surface area contributed by atoms with Gasteiger partial charge >= 0.3 is 0 Å². The minimum absolute atomic E-state index is 0.00910. The molecule has 1 fully saturated rings. The average Bonchev–Trinajstić information content (AvgIpc) is 3.49. The highest BCUT2D eigenvalue weighted by atomic mass is 32.1. The molecule has 9 heteroatoms. The van der Waals surface area contributed by atoms with Gasteiger partial charge in [0.25, 0.3) is 0 Å². The molecule has 3 aromatic heterocycles. The van der Waals surface area contributed by atoms with Gasteiger partial charge in [-0.15, -0.1) is 11.3 Å². The number of thiazole rings is 1. The highest BCUT2D eigenvalue weighted by Crippen LogP contribution is 2.36. The quantitative estimate of drug-likeness (QED) is 0.390. The Morgan fingerprint density at radius 3 is 2.50 bits per heavy atom. The summed E-state index contributed by atoms with van der Waals surface area (Å²) in [6.07, 6.45) is 4.96. The molecule has 3 atom stereocenters. The molecule has 3 heterocycles. The summed E-state index contributed by atoms with van der Waals surface area (Å²) in [6.45, 7) is 10.9. The molecule has 0 aliphatic heterocycles. The average molecular weight is 485 g/mol. The maximum absolute atomic E-state index is 10.8. The highest BCUT2D eigenvalue weighted by Gasteiger charge is 2.21. The molecule has 0 radical (unpaired) electrons. The number of aldehydes is 1. The van der Waals surface area contributed by atoms with Crippen LogP contribution in [0.15, 0.2) is 12.3 Å². The Bertz CT molecular complexity index is 1110. The van der Waals surface area contributed by atoms with E-state index in [0.29, 0.717) is 18.5 Å². The number of hydrogen-bond donors (Lipinski definition) is 3. The van der Waals surface area contributed by atoms with Crippen molar-refractivity contribution in [2.24, 2.45) is 11.8 Å².